The van der Waals surface area contributed by atoms with Crippen molar-refractivity contribution in [2.45, 2.75) is 25.8 Å². The molecule has 4 aromatic rings. The van der Waals surface area contributed by atoms with E-state index in [0.29, 0.717) is 23.7 Å². The second-order valence-electron chi connectivity index (χ2n) is 9.45. The van der Waals surface area contributed by atoms with Crippen LogP contribution in [0.25, 0.3) is 28.1 Å². The van der Waals surface area contributed by atoms with Crippen molar-refractivity contribution in [1.29, 1.82) is 0 Å². The SMILES string of the molecule is CC1(C)CN(c2cccc3oc(-c4cnc5ccc(OCCCS(C)(=O)=O)nn45)cc23)CCN1. The predicted octanol–water partition coefficient (Wildman–Crippen LogP) is 3.14. The summed E-state index contributed by atoms with van der Waals surface area (Å²) < 4.78 is 36.2. The van der Waals surface area contributed by atoms with Gasteiger partial charge in [0.15, 0.2) is 11.4 Å². The lowest BCUT2D eigenvalue weighted by molar-refractivity contribution is 0.301. The van der Waals surface area contributed by atoms with Gasteiger partial charge in [-0.05, 0) is 44.5 Å². The summed E-state index contributed by atoms with van der Waals surface area (Å²) in [5.74, 6) is 1.16. The predicted molar refractivity (Wildman–Crippen MR) is 132 cm³/mol. The normalized spacial score (nSPS) is 16.4. The highest BCUT2D eigenvalue weighted by molar-refractivity contribution is 7.90. The number of imidazole rings is 1. The van der Waals surface area contributed by atoms with E-state index < -0.39 is 9.84 Å². The molecule has 9 nitrogen and oxygen atoms in total. The Morgan fingerprint density at radius 3 is 2.88 bits per heavy atom. The van der Waals surface area contributed by atoms with Gasteiger partial charge in [-0.15, -0.1) is 5.10 Å². The maximum absolute atomic E-state index is 11.3. The first kappa shape index (κ1) is 22.7. The summed E-state index contributed by atoms with van der Waals surface area (Å²) in [6, 6.07) is 11.7. The van der Waals surface area contributed by atoms with Gasteiger partial charge in [0, 0.05) is 48.6 Å². The molecule has 4 heterocycles. The van der Waals surface area contributed by atoms with Gasteiger partial charge in [-0.1, -0.05) is 6.07 Å². The molecule has 1 N–H and O–H groups in total. The Morgan fingerprint density at radius 1 is 1.24 bits per heavy atom. The van der Waals surface area contributed by atoms with Crippen LogP contribution < -0.4 is 15.0 Å². The maximum Gasteiger partial charge on any atom is 0.231 e. The second kappa shape index (κ2) is 8.59. The Balaban J connectivity index is 1.44. The molecule has 1 aromatic carbocycles. The highest BCUT2D eigenvalue weighted by Gasteiger charge is 2.27. The number of anilines is 1. The molecule has 0 saturated carbocycles. The van der Waals surface area contributed by atoms with Crippen molar-refractivity contribution in [3.05, 3.63) is 42.6 Å². The number of aromatic nitrogens is 3. The molecule has 3 aromatic heterocycles. The van der Waals surface area contributed by atoms with Crippen LogP contribution >= 0.6 is 0 Å². The third kappa shape index (κ3) is 4.74. The van der Waals surface area contributed by atoms with E-state index in [1.165, 1.54) is 6.26 Å². The Hall–Kier alpha value is -3.11. The van der Waals surface area contributed by atoms with Crippen LogP contribution in [-0.2, 0) is 9.84 Å². The highest BCUT2D eigenvalue weighted by atomic mass is 32.2. The fourth-order valence-corrected chi connectivity index (χ4v) is 5.04. The summed E-state index contributed by atoms with van der Waals surface area (Å²) in [5, 5.41) is 9.16. The van der Waals surface area contributed by atoms with E-state index in [-0.39, 0.29) is 17.9 Å². The molecule has 0 amide bonds. The van der Waals surface area contributed by atoms with Gasteiger partial charge in [0.25, 0.3) is 0 Å². The zero-order valence-electron chi connectivity index (χ0n) is 19.6. The number of ether oxygens (including phenoxy) is 1. The summed E-state index contributed by atoms with van der Waals surface area (Å²) in [7, 11) is -3.01. The molecule has 0 bridgehead atoms. The van der Waals surface area contributed by atoms with Crippen molar-refractivity contribution in [2.75, 3.05) is 43.1 Å². The van der Waals surface area contributed by atoms with Crippen molar-refractivity contribution < 1.29 is 17.6 Å². The van der Waals surface area contributed by atoms with Gasteiger partial charge in [0.05, 0.1) is 18.6 Å². The van der Waals surface area contributed by atoms with E-state index in [0.717, 1.165) is 42.0 Å². The fourth-order valence-electron chi connectivity index (χ4n) is 4.39. The number of furan rings is 1. The Bertz CT molecular complexity index is 1440. The van der Waals surface area contributed by atoms with Gasteiger partial charge in [0.1, 0.15) is 21.1 Å². The molecule has 1 aliphatic rings. The molecule has 0 atom stereocenters. The van der Waals surface area contributed by atoms with Crippen LogP contribution in [0.3, 0.4) is 0 Å². The largest absolute Gasteiger partial charge is 0.477 e. The number of fused-ring (bicyclic) bond motifs is 2. The molecule has 0 radical (unpaired) electrons. The lowest BCUT2D eigenvalue weighted by Gasteiger charge is -2.40. The third-order valence-electron chi connectivity index (χ3n) is 5.95. The van der Waals surface area contributed by atoms with E-state index in [9.17, 15) is 8.42 Å². The van der Waals surface area contributed by atoms with Crippen molar-refractivity contribution in [3.8, 4) is 17.3 Å². The van der Waals surface area contributed by atoms with E-state index >= 15 is 0 Å². The van der Waals surface area contributed by atoms with E-state index in [1.807, 2.05) is 24.3 Å². The van der Waals surface area contributed by atoms with Crippen molar-refractivity contribution in [2.24, 2.45) is 0 Å². The number of hydrogen-bond donors (Lipinski definition) is 1. The Morgan fingerprint density at radius 2 is 2.09 bits per heavy atom. The third-order valence-corrected chi connectivity index (χ3v) is 6.98. The van der Waals surface area contributed by atoms with Crippen LogP contribution in [0.5, 0.6) is 5.88 Å². The van der Waals surface area contributed by atoms with Gasteiger partial charge in [-0.3, -0.25) is 0 Å². The smallest absolute Gasteiger partial charge is 0.231 e. The van der Waals surface area contributed by atoms with Crippen LogP contribution in [0.4, 0.5) is 5.69 Å². The van der Waals surface area contributed by atoms with Gasteiger partial charge < -0.3 is 19.4 Å². The minimum Gasteiger partial charge on any atom is -0.477 e. The molecule has 0 aliphatic carbocycles. The Labute approximate surface area is 198 Å². The van der Waals surface area contributed by atoms with E-state index in [4.69, 9.17) is 9.15 Å². The molecule has 1 aliphatic heterocycles. The molecular weight excluding hydrogens is 454 g/mol. The molecular formula is C24H29N5O4S. The lowest BCUT2D eigenvalue weighted by Crippen LogP contribution is -2.57. The molecule has 180 valence electrons. The van der Waals surface area contributed by atoms with Crippen LogP contribution in [0.2, 0.25) is 0 Å². The average molecular weight is 484 g/mol. The summed E-state index contributed by atoms with van der Waals surface area (Å²) in [5.41, 5.74) is 3.39. The zero-order valence-corrected chi connectivity index (χ0v) is 20.4. The van der Waals surface area contributed by atoms with Gasteiger partial charge >= 0.3 is 0 Å². The monoisotopic (exact) mass is 483 g/mol. The van der Waals surface area contributed by atoms with E-state index in [2.05, 4.69) is 40.2 Å². The fraction of sp³-hybridized carbons (Fsp3) is 0.417. The number of hydrogen-bond acceptors (Lipinski definition) is 8. The highest BCUT2D eigenvalue weighted by Crippen LogP contribution is 2.35. The summed E-state index contributed by atoms with van der Waals surface area (Å²) in [6.45, 7) is 7.46. The van der Waals surface area contributed by atoms with Crippen molar-refractivity contribution in [3.63, 3.8) is 0 Å². The number of nitrogens with zero attached hydrogens (tertiary/aromatic N) is 4. The van der Waals surface area contributed by atoms with Gasteiger partial charge in [0.2, 0.25) is 5.88 Å². The minimum absolute atomic E-state index is 0.0380. The first-order valence-electron chi connectivity index (χ1n) is 11.4. The second-order valence-corrected chi connectivity index (χ2v) is 11.7. The van der Waals surface area contributed by atoms with Crippen LogP contribution in [-0.4, -0.2) is 66.8 Å². The zero-order chi connectivity index (χ0) is 23.9. The summed E-state index contributed by atoms with van der Waals surface area (Å²) in [6.07, 6.45) is 3.36. The minimum atomic E-state index is -3.01. The standard InChI is InChI=1S/C24H29N5O4S/c1-24(2)16-28(11-10-26-24)18-6-4-7-20-17(18)14-21(33-20)19-15-25-22-8-9-23(27-29(19)22)32-12-5-13-34(3,30)31/h4,6-9,14-15,26H,5,10-13,16H2,1-3H3. The number of nitrogens with one attached hydrogen (secondary N) is 1. The molecule has 0 spiro atoms. The van der Waals surface area contributed by atoms with Crippen molar-refractivity contribution >= 4 is 32.1 Å². The molecule has 0 unspecified atom stereocenters. The van der Waals surface area contributed by atoms with Crippen LogP contribution in [0.15, 0.2) is 47.0 Å². The van der Waals surface area contributed by atoms with Crippen LogP contribution in [0.1, 0.15) is 20.3 Å². The van der Waals surface area contributed by atoms with Gasteiger partial charge in [-0.25, -0.2) is 17.9 Å². The Kier molecular flexibility index (Phi) is 5.73. The van der Waals surface area contributed by atoms with Gasteiger partial charge in [-0.2, -0.15) is 0 Å². The number of benzene rings is 1. The van der Waals surface area contributed by atoms with Crippen molar-refractivity contribution in [1.82, 2.24) is 19.9 Å². The average Bonchev–Trinajstić information content (AvgIpc) is 3.38. The number of rotatable bonds is 7. The first-order valence-corrected chi connectivity index (χ1v) is 13.4. The molecule has 34 heavy (non-hydrogen) atoms. The topological polar surface area (TPSA) is 102 Å². The molecule has 10 heteroatoms. The molecule has 1 fully saturated rings. The summed E-state index contributed by atoms with van der Waals surface area (Å²) in [4.78, 5) is 6.85. The first-order chi connectivity index (χ1) is 16.2. The van der Waals surface area contributed by atoms with E-state index in [1.54, 1.807) is 16.8 Å². The lowest BCUT2D eigenvalue weighted by atomic mass is 10.0. The molecule has 1 saturated heterocycles. The summed E-state index contributed by atoms with van der Waals surface area (Å²) >= 11 is 0. The maximum atomic E-state index is 11.3. The quantitative estimate of drug-likeness (QED) is 0.400. The van der Waals surface area contributed by atoms with Crippen LogP contribution in [0, 0.1) is 0 Å². The number of sulfone groups is 1. The number of piperazine rings is 1. The molecule has 5 rings (SSSR count).